The van der Waals surface area contributed by atoms with Crippen LogP contribution in [0.2, 0.25) is 0 Å². The van der Waals surface area contributed by atoms with Gasteiger partial charge in [0, 0.05) is 43.4 Å². The van der Waals surface area contributed by atoms with Crippen molar-refractivity contribution in [1.29, 1.82) is 5.41 Å². The molecule has 2 aromatic rings. The lowest BCUT2D eigenvalue weighted by Gasteiger charge is -2.42. The molecule has 176 valence electrons. The van der Waals surface area contributed by atoms with Crippen molar-refractivity contribution < 1.29 is 9.53 Å². The minimum absolute atomic E-state index is 0.0113. The van der Waals surface area contributed by atoms with Crippen LogP contribution in [0.4, 0.5) is 11.5 Å². The fraction of sp³-hybridized carbons (Fsp3) is 0.520. The molecule has 1 aliphatic carbocycles. The van der Waals surface area contributed by atoms with Crippen molar-refractivity contribution >= 4 is 23.5 Å². The van der Waals surface area contributed by atoms with Crippen LogP contribution in [0.5, 0.6) is 5.75 Å². The number of nitrogens with one attached hydrogen (secondary N) is 1. The molecule has 3 N–H and O–H groups in total. The van der Waals surface area contributed by atoms with Crippen molar-refractivity contribution in [3.05, 3.63) is 41.9 Å². The number of carbonyl (C=O) groups excluding carboxylic acids is 1. The highest BCUT2D eigenvalue weighted by Crippen LogP contribution is 2.40. The number of piperidine rings is 1. The summed E-state index contributed by atoms with van der Waals surface area (Å²) in [6, 6.07) is 7.33. The van der Waals surface area contributed by atoms with Crippen molar-refractivity contribution in [2.45, 2.75) is 44.6 Å². The van der Waals surface area contributed by atoms with Gasteiger partial charge in [-0.15, -0.1) is 0 Å². The van der Waals surface area contributed by atoms with E-state index in [0.29, 0.717) is 23.4 Å². The van der Waals surface area contributed by atoms with Gasteiger partial charge in [0.05, 0.1) is 11.4 Å². The summed E-state index contributed by atoms with van der Waals surface area (Å²) >= 11 is 0. The molecule has 0 unspecified atom stereocenters. The van der Waals surface area contributed by atoms with Gasteiger partial charge in [0.15, 0.2) is 0 Å². The molecule has 1 aromatic carbocycles. The Balaban J connectivity index is 1.50. The van der Waals surface area contributed by atoms with Crippen LogP contribution in [0.1, 0.15) is 50.3 Å². The molecule has 2 aliphatic rings. The minimum Gasteiger partial charge on any atom is -0.488 e. The third kappa shape index (κ3) is 5.33. The molecular weight excluding hydrogens is 416 g/mol. The van der Waals surface area contributed by atoms with Crippen molar-refractivity contribution in [2.75, 3.05) is 44.4 Å². The van der Waals surface area contributed by atoms with Crippen molar-refractivity contribution in [3.8, 4) is 5.75 Å². The van der Waals surface area contributed by atoms with Crippen LogP contribution in [-0.2, 0) is 4.79 Å². The lowest BCUT2D eigenvalue weighted by atomic mass is 9.75. The number of ether oxygens (including phenoxy) is 1. The summed E-state index contributed by atoms with van der Waals surface area (Å²) < 4.78 is 6.06. The van der Waals surface area contributed by atoms with E-state index in [1.807, 2.05) is 18.2 Å². The second-order valence-corrected chi connectivity index (χ2v) is 10.0. The predicted molar refractivity (Wildman–Crippen MR) is 130 cm³/mol. The molecule has 0 bridgehead atoms. The van der Waals surface area contributed by atoms with Gasteiger partial charge in [-0.3, -0.25) is 5.41 Å². The van der Waals surface area contributed by atoms with Gasteiger partial charge in [-0.1, -0.05) is 0 Å². The van der Waals surface area contributed by atoms with Crippen LogP contribution in [0.15, 0.2) is 30.6 Å². The molecule has 0 spiro atoms. The normalized spacial score (nSPS) is 18.7. The van der Waals surface area contributed by atoms with Gasteiger partial charge >= 0.3 is 0 Å². The first-order valence-electron chi connectivity index (χ1n) is 11.6. The molecule has 0 amide bonds. The Morgan fingerprint density at radius 1 is 1.21 bits per heavy atom. The Labute approximate surface area is 195 Å². The van der Waals surface area contributed by atoms with E-state index in [4.69, 9.17) is 15.9 Å². The van der Waals surface area contributed by atoms with Crippen molar-refractivity contribution in [1.82, 2.24) is 14.9 Å². The van der Waals surface area contributed by atoms with Gasteiger partial charge < -0.3 is 25.1 Å². The van der Waals surface area contributed by atoms with E-state index in [1.54, 1.807) is 6.07 Å². The van der Waals surface area contributed by atoms with E-state index in [0.717, 1.165) is 63.2 Å². The number of aromatic nitrogens is 2. The van der Waals surface area contributed by atoms with Gasteiger partial charge in [-0.2, -0.15) is 0 Å². The summed E-state index contributed by atoms with van der Waals surface area (Å²) in [5, 5.41) is 8.77. The third-order valence-corrected chi connectivity index (χ3v) is 6.84. The molecule has 1 aromatic heterocycles. The molecule has 2 fully saturated rings. The Hall–Kier alpha value is -3.00. The molecule has 0 radical (unpaired) electrons. The molecule has 2 heterocycles. The standard InChI is InChI=1S/C25H34N6O2/c1-24(6-7-24)33-18-4-5-20(26)19(14-18)23(27)21-15-22(29-17-28-21)31-11-8-25(9-12-31,10-13-32)16-30(2)3/h4-5,13-15,17,27H,6-12,16,26H2,1-3H3. The average Bonchev–Trinajstić information content (AvgIpc) is 3.51. The molecule has 33 heavy (non-hydrogen) atoms. The number of aldehydes is 1. The summed E-state index contributed by atoms with van der Waals surface area (Å²) in [6.45, 7) is 4.62. The number of rotatable bonds is 9. The van der Waals surface area contributed by atoms with Crippen LogP contribution in [0, 0.1) is 10.8 Å². The summed E-state index contributed by atoms with van der Waals surface area (Å²) in [5.41, 5.74) is 8.02. The SMILES string of the molecule is CN(C)CC1(CC=O)CCN(c2cc(C(=N)c3cc(OC4(C)CC4)ccc3N)ncn2)CC1. The molecule has 1 saturated carbocycles. The fourth-order valence-corrected chi connectivity index (χ4v) is 4.66. The number of nitrogens with zero attached hydrogens (tertiary/aromatic N) is 4. The van der Waals surface area contributed by atoms with Crippen molar-refractivity contribution in [2.24, 2.45) is 5.41 Å². The van der Waals surface area contributed by atoms with E-state index >= 15 is 0 Å². The lowest BCUT2D eigenvalue weighted by molar-refractivity contribution is -0.110. The first kappa shape index (κ1) is 23.2. The zero-order valence-corrected chi connectivity index (χ0v) is 19.8. The highest BCUT2D eigenvalue weighted by molar-refractivity contribution is 6.13. The molecule has 4 rings (SSSR count). The number of nitrogens with two attached hydrogens (primary N) is 1. The Bertz CT molecular complexity index is 1030. The third-order valence-electron chi connectivity index (χ3n) is 6.84. The number of hydrogen-bond acceptors (Lipinski definition) is 8. The predicted octanol–water partition coefficient (Wildman–Crippen LogP) is 3.14. The molecule has 1 saturated heterocycles. The monoisotopic (exact) mass is 450 g/mol. The summed E-state index contributed by atoms with van der Waals surface area (Å²) in [7, 11) is 4.11. The summed E-state index contributed by atoms with van der Waals surface area (Å²) in [5.74, 6) is 1.52. The van der Waals surface area contributed by atoms with Gasteiger partial charge in [0.1, 0.15) is 29.8 Å². The van der Waals surface area contributed by atoms with Crippen LogP contribution >= 0.6 is 0 Å². The zero-order chi connectivity index (χ0) is 23.6. The van der Waals surface area contributed by atoms with Crippen LogP contribution < -0.4 is 15.4 Å². The second kappa shape index (κ2) is 9.09. The van der Waals surface area contributed by atoms with E-state index in [-0.39, 0.29) is 16.7 Å². The number of nitrogen functional groups attached to an aromatic ring is 1. The molecule has 0 atom stereocenters. The quantitative estimate of drug-likeness (QED) is 0.343. The molecule has 1 aliphatic heterocycles. The van der Waals surface area contributed by atoms with Gasteiger partial charge in [-0.25, -0.2) is 9.97 Å². The summed E-state index contributed by atoms with van der Waals surface area (Å²) in [6.07, 6.45) is 7.06. The first-order chi connectivity index (χ1) is 15.7. The molecular formula is C25H34N6O2. The first-order valence-corrected chi connectivity index (χ1v) is 11.6. The van der Waals surface area contributed by atoms with E-state index in [1.165, 1.54) is 6.33 Å². The van der Waals surface area contributed by atoms with Crippen LogP contribution in [0.3, 0.4) is 0 Å². The Kier molecular flexibility index (Phi) is 6.38. The van der Waals surface area contributed by atoms with Gasteiger partial charge in [0.25, 0.3) is 0 Å². The van der Waals surface area contributed by atoms with E-state index < -0.39 is 0 Å². The topological polar surface area (TPSA) is 108 Å². The highest BCUT2D eigenvalue weighted by Gasteiger charge is 2.40. The maximum Gasteiger partial charge on any atom is 0.132 e. The summed E-state index contributed by atoms with van der Waals surface area (Å²) in [4.78, 5) is 24.5. The second-order valence-electron chi connectivity index (χ2n) is 10.0. The van der Waals surface area contributed by atoms with Gasteiger partial charge in [0.2, 0.25) is 0 Å². The largest absolute Gasteiger partial charge is 0.488 e. The maximum atomic E-state index is 11.3. The number of carbonyl (C=O) groups is 1. The maximum absolute atomic E-state index is 11.3. The number of benzene rings is 1. The smallest absolute Gasteiger partial charge is 0.132 e. The lowest BCUT2D eigenvalue weighted by Crippen LogP contribution is -2.45. The molecule has 8 nitrogen and oxygen atoms in total. The zero-order valence-electron chi connectivity index (χ0n) is 19.8. The minimum atomic E-state index is -0.0996. The van der Waals surface area contributed by atoms with Crippen molar-refractivity contribution in [3.63, 3.8) is 0 Å². The molecule has 8 heteroatoms. The van der Waals surface area contributed by atoms with E-state index in [2.05, 4.69) is 40.8 Å². The Morgan fingerprint density at radius 3 is 2.58 bits per heavy atom. The van der Waals surface area contributed by atoms with Crippen LogP contribution in [-0.4, -0.2) is 66.2 Å². The van der Waals surface area contributed by atoms with Gasteiger partial charge in [-0.05, 0) is 70.3 Å². The Morgan fingerprint density at radius 2 is 1.94 bits per heavy atom. The number of hydrogen-bond donors (Lipinski definition) is 2. The van der Waals surface area contributed by atoms with E-state index in [9.17, 15) is 4.79 Å². The fourth-order valence-electron chi connectivity index (χ4n) is 4.66. The average molecular weight is 451 g/mol. The van der Waals surface area contributed by atoms with Crippen LogP contribution in [0.25, 0.3) is 0 Å². The highest BCUT2D eigenvalue weighted by atomic mass is 16.5. The number of anilines is 2.